The number of ketones is 1. The number of rotatable bonds is 3. The maximum Gasteiger partial charge on any atom is 0.293 e. The summed E-state index contributed by atoms with van der Waals surface area (Å²) in [5.74, 6) is -1.03. The minimum atomic E-state index is -1.51. The molecule has 9 atom stereocenters. The fourth-order valence-electron chi connectivity index (χ4n) is 6.62. The third kappa shape index (κ3) is 2.28. The van der Waals surface area contributed by atoms with E-state index in [-0.39, 0.29) is 24.0 Å². The highest BCUT2D eigenvalue weighted by atomic mass is 19.1. The molecule has 0 amide bonds. The van der Waals surface area contributed by atoms with E-state index in [9.17, 15) is 19.1 Å². The summed E-state index contributed by atoms with van der Waals surface area (Å²) in [6.07, 6.45) is 0.897. The van der Waals surface area contributed by atoms with Crippen LogP contribution in [-0.4, -0.2) is 35.7 Å². The molecule has 3 saturated carbocycles. The molecule has 1 N–H and O–H groups in total. The van der Waals surface area contributed by atoms with Gasteiger partial charge in [0.2, 0.25) is 0 Å². The fourth-order valence-corrected chi connectivity index (χ4v) is 6.62. The molecule has 0 aromatic carbocycles. The molecular formula is C21H31FO4. The Morgan fingerprint density at radius 3 is 2.54 bits per heavy atom. The molecule has 0 aromatic heterocycles. The molecule has 146 valence electrons. The van der Waals surface area contributed by atoms with Crippen molar-refractivity contribution >= 4 is 12.3 Å². The maximum atomic E-state index is 14.7. The molecule has 2 bridgehead atoms. The Kier molecular flexibility index (Phi) is 4.62. The van der Waals surface area contributed by atoms with E-state index in [1.165, 1.54) is 0 Å². The van der Waals surface area contributed by atoms with Crippen molar-refractivity contribution in [3.8, 4) is 0 Å². The van der Waals surface area contributed by atoms with E-state index in [4.69, 9.17) is 4.74 Å². The molecule has 0 spiro atoms. The van der Waals surface area contributed by atoms with Crippen LogP contribution in [0, 0.1) is 34.0 Å². The molecule has 0 aliphatic heterocycles. The van der Waals surface area contributed by atoms with E-state index in [1.807, 2.05) is 20.8 Å². The topological polar surface area (TPSA) is 63.6 Å². The van der Waals surface area contributed by atoms with E-state index in [1.54, 1.807) is 6.08 Å². The van der Waals surface area contributed by atoms with Gasteiger partial charge in [0.05, 0.1) is 6.10 Å². The quantitative estimate of drug-likeness (QED) is 0.614. The van der Waals surface area contributed by atoms with Crippen LogP contribution in [0.25, 0.3) is 0 Å². The summed E-state index contributed by atoms with van der Waals surface area (Å²) in [5.41, 5.74) is -1.94. The lowest BCUT2D eigenvalue weighted by molar-refractivity contribution is -0.198. The summed E-state index contributed by atoms with van der Waals surface area (Å²) >= 11 is 0. The van der Waals surface area contributed by atoms with Crippen LogP contribution in [0.4, 0.5) is 4.39 Å². The number of Topliss-reactive ketones (excluding diaryl/α,β-unsaturated/α-hetero) is 1. The molecule has 3 fully saturated rings. The molecule has 0 aromatic rings. The monoisotopic (exact) mass is 366 g/mol. The molecule has 0 unspecified atom stereocenters. The SMILES string of the molecule is C=C[C@]1(C)C[C@@H](O)[C@]2(C)[C@H](C)CC[C@]3(C[C@H](F)C(=O)[C@H]32)[C@@H](C)[C@@H]1OC=O. The zero-order valence-electron chi connectivity index (χ0n) is 16.2. The number of carbonyl (C=O) groups excluding carboxylic acids is 2. The minimum absolute atomic E-state index is 0.106. The Morgan fingerprint density at radius 2 is 1.96 bits per heavy atom. The largest absolute Gasteiger partial charge is 0.463 e. The van der Waals surface area contributed by atoms with E-state index in [0.717, 1.165) is 6.42 Å². The minimum Gasteiger partial charge on any atom is -0.463 e. The standard InChI is InChI=1S/C21H31FO4/c1-6-19(4)10-15(24)20(5)12(2)7-8-21(13(3)18(19)26-11-23)9-14(22)16(25)17(20)21/h6,11-15,17-18,24H,1,7-10H2,2-5H3/t12-,13+,14+,15-,17+,18+,19-,20+,21+/m1/s1. The molecule has 4 nitrogen and oxygen atoms in total. The number of alkyl halides is 1. The Hall–Kier alpha value is -1.23. The van der Waals surface area contributed by atoms with Gasteiger partial charge in [0, 0.05) is 22.7 Å². The summed E-state index contributed by atoms with van der Waals surface area (Å²) in [4.78, 5) is 24.2. The van der Waals surface area contributed by atoms with Crippen molar-refractivity contribution < 1.29 is 23.8 Å². The Morgan fingerprint density at radius 1 is 1.31 bits per heavy atom. The molecule has 3 aliphatic rings. The van der Waals surface area contributed by atoms with Crippen molar-refractivity contribution in [2.24, 2.45) is 34.0 Å². The number of halogens is 1. The first kappa shape index (κ1) is 19.5. The third-order valence-corrected chi connectivity index (χ3v) is 8.48. The predicted octanol–water partition coefficient (Wildman–Crippen LogP) is 3.47. The van der Waals surface area contributed by atoms with Gasteiger partial charge in [-0.1, -0.05) is 33.8 Å². The third-order valence-electron chi connectivity index (χ3n) is 8.48. The van der Waals surface area contributed by atoms with Gasteiger partial charge in [0.25, 0.3) is 6.47 Å². The number of aliphatic hydroxyl groups is 1. The van der Waals surface area contributed by atoms with Gasteiger partial charge >= 0.3 is 0 Å². The van der Waals surface area contributed by atoms with Crippen LogP contribution in [-0.2, 0) is 14.3 Å². The van der Waals surface area contributed by atoms with Crippen molar-refractivity contribution in [3.63, 3.8) is 0 Å². The molecule has 5 heteroatoms. The number of hydrogen-bond donors (Lipinski definition) is 1. The van der Waals surface area contributed by atoms with E-state index >= 15 is 0 Å². The fraction of sp³-hybridized carbons (Fsp3) is 0.810. The highest BCUT2D eigenvalue weighted by Crippen LogP contribution is 2.68. The zero-order chi connectivity index (χ0) is 19.5. The Bertz CT molecular complexity index is 621. The summed E-state index contributed by atoms with van der Waals surface area (Å²) < 4.78 is 20.3. The lowest BCUT2D eigenvalue weighted by Gasteiger charge is -2.61. The first-order valence-electron chi connectivity index (χ1n) is 9.67. The van der Waals surface area contributed by atoms with Gasteiger partial charge in [-0.25, -0.2) is 4.39 Å². The van der Waals surface area contributed by atoms with Crippen LogP contribution in [0.5, 0.6) is 0 Å². The molecule has 3 rings (SSSR count). The lowest BCUT2D eigenvalue weighted by Crippen LogP contribution is -2.62. The number of hydrogen-bond acceptors (Lipinski definition) is 4. The lowest BCUT2D eigenvalue weighted by atomic mass is 9.44. The van der Waals surface area contributed by atoms with Crippen LogP contribution in [0.2, 0.25) is 0 Å². The van der Waals surface area contributed by atoms with Gasteiger partial charge in [-0.3, -0.25) is 9.59 Å². The van der Waals surface area contributed by atoms with Crippen molar-refractivity contribution in [2.75, 3.05) is 0 Å². The van der Waals surface area contributed by atoms with Crippen LogP contribution in [0.1, 0.15) is 53.4 Å². The van der Waals surface area contributed by atoms with Gasteiger partial charge in [-0.05, 0) is 37.0 Å². The Labute approximate surface area is 155 Å². The number of carbonyl (C=O) groups is 2. The van der Waals surface area contributed by atoms with Crippen molar-refractivity contribution in [2.45, 2.75) is 71.8 Å². The summed E-state index contributed by atoms with van der Waals surface area (Å²) in [6, 6.07) is 0. The second-order valence-electron chi connectivity index (χ2n) is 9.42. The second-order valence-corrected chi connectivity index (χ2v) is 9.42. The van der Waals surface area contributed by atoms with Crippen molar-refractivity contribution in [1.29, 1.82) is 0 Å². The molecular weight excluding hydrogens is 335 g/mol. The van der Waals surface area contributed by atoms with Crippen LogP contribution < -0.4 is 0 Å². The summed E-state index contributed by atoms with van der Waals surface area (Å²) in [5, 5.41) is 11.3. The number of ether oxygens (including phenoxy) is 1. The second kappa shape index (κ2) is 6.15. The van der Waals surface area contributed by atoms with Gasteiger partial charge in [-0.2, -0.15) is 0 Å². The average Bonchev–Trinajstić information content (AvgIpc) is 2.87. The van der Waals surface area contributed by atoms with E-state index in [2.05, 4.69) is 13.5 Å². The number of aliphatic hydroxyl groups excluding tert-OH is 1. The predicted molar refractivity (Wildman–Crippen MR) is 96.0 cm³/mol. The highest BCUT2D eigenvalue weighted by Gasteiger charge is 2.70. The first-order valence-corrected chi connectivity index (χ1v) is 9.67. The van der Waals surface area contributed by atoms with E-state index < -0.39 is 40.5 Å². The average molecular weight is 366 g/mol. The molecule has 0 heterocycles. The molecule has 26 heavy (non-hydrogen) atoms. The maximum absolute atomic E-state index is 14.7. The Balaban J connectivity index is 2.24. The smallest absolute Gasteiger partial charge is 0.293 e. The summed E-state index contributed by atoms with van der Waals surface area (Å²) in [7, 11) is 0. The highest BCUT2D eigenvalue weighted by molar-refractivity contribution is 5.89. The molecule has 0 saturated heterocycles. The van der Waals surface area contributed by atoms with Crippen molar-refractivity contribution in [1.82, 2.24) is 0 Å². The van der Waals surface area contributed by atoms with Gasteiger partial charge in [0.1, 0.15) is 6.10 Å². The molecule has 3 aliphatic carbocycles. The normalized spacial score (nSPS) is 54.0. The molecule has 0 radical (unpaired) electrons. The van der Waals surface area contributed by atoms with E-state index in [0.29, 0.717) is 19.3 Å². The van der Waals surface area contributed by atoms with Gasteiger partial charge < -0.3 is 9.84 Å². The van der Waals surface area contributed by atoms with Crippen molar-refractivity contribution in [3.05, 3.63) is 12.7 Å². The van der Waals surface area contributed by atoms with Crippen LogP contribution in [0.15, 0.2) is 12.7 Å². The first-order chi connectivity index (χ1) is 12.1. The van der Waals surface area contributed by atoms with Gasteiger partial charge in [0.15, 0.2) is 12.0 Å². The van der Waals surface area contributed by atoms with Gasteiger partial charge in [-0.15, -0.1) is 6.58 Å². The van der Waals surface area contributed by atoms with Crippen LogP contribution >= 0.6 is 0 Å². The summed E-state index contributed by atoms with van der Waals surface area (Å²) in [6.45, 7) is 12.3. The van der Waals surface area contributed by atoms with Crippen LogP contribution in [0.3, 0.4) is 0 Å². The zero-order valence-corrected chi connectivity index (χ0v) is 16.2.